The van der Waals surface area contributed by atoms with Crippen LogP contribution in [-0.4, -0.2) is 36.2 Å². The number of fused-ring (bicyclic) bond motifs is 3. The van der Waals surface area contributed by atoms with Crippen LogP contribution >= 0.6 is 0 Å². The van der Waals surface area contributed by atoms with E-state index in [-0.39, 0.29) is 36.5 Å². The lowest BCUT2D eigenvalue weighted by Crippen LogP contribution is -2.38. The van der Waals surface area contributed by atoms with Gasteiger partial charge >= 0.3 is 12.1 Å². The van der Waals surface area contributed by atoms with E-state index in [0.29, 0.717) is 5.69 Å². The van der Waals surface area contributed by atoms with Crippen molar-refractivity contribution < 1.29 is 24.2 Å². The van der Waals surface area contributed by atoms with Crippen molar-refractivity contribution in [2.75, 3.05) is 18.5 Å². The van der Waals surface area contributed by atoms with Gasteiger partial charge in [0.1, 0.15) is 6.61 Å². The summed E-state index contributed by atoms with van der Waals surface area (Å²) >= 11 is 0. The van der Waals surface area contributed by atoms with Gasteiger partial charge in [0.15, 0.2) is 0 Å². The number of ether oxygens (including phenoxy) is 1. The molecule has 3 aromatic rings. The number of hydrogen-bond acceptors (Lipinski definition) is 4. The van der Waals surface area contributed by atoms with Crippen molar-refractivity contribution in [3.05, 3.63) is 89.5 Å². The molecule has 0 aliphatic heterocycles. The van der Waals surface area contributed by atoms with E-state index in [1.165, 1.54) is 12.1 Å². The number of carbonyl (C=O) groups is 3. The number of aromatic carboxylic acids is 1. The van der Waals surface area contributed by atoms with Crippen LogP contribution in [0.15, 0.2) is 72.8 Å². The van der Waals surface area contributed by atoms with Crippen LogP contribution in [-0.2, 0) is 9.53 Å². The fraction of sp³-hybridized carbons (Fsp3) is 0.250. The summed E-state index contributed by atoms with van der Waals surface area (Å²) in [6, 6.07) is 22.3. The van der Waals surface area contributed by atoms with Crippen LogP contribution in [0.3, 0.4) is 0 Å². The molecule has 3 aromatic carbocycles. The Morgan fingerprint density at radius 3 is 2.14 bits per heavy atom. The third kappa shape index (κ3) is 5.35. The molecule has 180 valence electrons. The minimum absolute atomic E-state index is 0.0427. The van der Waals surface area contributed by atoms with E-state index < -0.39 is 18.0 Å². The van der Waals surface area contributed by atoms with Crippen molar-refractivity contribution in [3.63, 3.8) is 0 Å². The molecule has 0 aromatic heterocycles. The van der Waals surface area contributed by atoms with E-state index in [4.69, 9.17) is 9.84 Å². The van der Waals surface area contributed by atoms with Crippen molar-refractivity contribution in [1.82, 2.24) is 5.32 Å². The molecule has 0 heterocycles. The lowest BCUT2D eigenvalue weighted by atomic mass is 9.94. The van der Waals surface area contributed by atoms with Gasteiger partial charge in [0.05, 0.1) is 11.5 Å². The standard InChI is InChI=1S/C28H28N2O5/c1-17(2)24(26(31)30-19-9-7-8-18(14-19)27(32)33)15-29-28(34)35-16-25-22-12-5-3-10-20(22)21-11-4-6-13-23(21)25/h3-14,17,24-25H,15-16H2,1-2H3,(H,29,34)(H,30,31)(H,32,33). The quantitative estimate of drug-likeness (QED) is 0.421. The van der Waals surface area contributed by atoms with Crippen LogP contribution in [0.5, 0.6) is 0 Å². The van der Waals surface area contributed by atoms with Crippen molar-refractivity contribution in [1.29, 1.82) is 0 Å². The summed E-state index contributed by atoms with van der Waals surface area (Å²) in [5.41, 5.74) is 5.04. The van der Waals surface area contributed by atoms with Crippen molar-refractivity contribution in [2.45, 2.75) is 19.8 Å². The first kappa shape index (κ1) is 24.0. The Hall–Kier alpha value is -4.13. The molecule has 0 spiro atoms. The van der Waals surface area contributed by atoms with Crippen LogP contribution in [0.1, 0.15) is 41.3 Å². The summed E-state index contributed by atoms with van der Waals surface area (Å²) in [5, 5.41) is 14.6. The maximum Gasteiger partial charge on any atom is 0.407 e. The first-order valence-corrected chi connectivity index (χ1v) is 11.6. The van der Waals surface area contributed by atoms with Gasteiger partial charge < -0.3 is 20.5 Å². The molecule has 4 rings (SSSR count). The number of rotatable bonds is 8. The molecule has 0 saturated carbocycles. The Labute approximate surface area is 204 Å². The zero-order valence-electron chi connectivity index (χ0n) is 19.7. The van der Waals surface area contributed by atoms with E-state index in [1.807, 2.05) is 38.1 Å². The molecule has 0 bridgehead atoms. The highest BCUT2D eigenvalue weighted by Crippen LogP contribution is 2.44. The second kappa shape index (κ2) is 10.4. The van der Waals surface area contributed by atoms with Crippen LogP contribution in [0.25, 0.3) is 11.1 Å². The highest BCUT2D eigenvalue weighted by atomic mass is 16.5. The van der Waals surface area contributed by atoms with Crippen LogP contribution in [0.2, 0.25) is 0 Å². The van der Waals surface area contributed by atoms with E-state index in [2.05, 4.69) is 34.9 Å². The van der Waals surface area contributed by atoms with Gasteiger partial charge in [-0.1, -0.05) is 68.4 Å². The van der Waals surface area contributed by atoms with Gasteiger partial charge in [0, 0.05) is 18.2 Å². The average molecular weight is 473 g/mol. The lowest BCUT2D eigenvalue weighted by molar-refractivity contribution is -0.120. The minimum Gasteiger partial charge on any atom is -0.478 e. The number of carboxylic acids is 1. The van der Waals surface area contributed by atoms with E-state index >= 15 is 0 Å². The topological polar surface area (TPSA) is 105 Å². The fourth-order valence-electron chi connectivity index (χ4n) is 4.44. The number of hydrogen-bond donors (Lipinski definition) is 3. The maximum absolute atomic E-state index is 12.8. The lowest BCUT2D eigenvalue weighted by Gasteiger charge is -2.21. The molecule has 1 aliphatic carbocycles. The van der Waals surface area contributed by atoms with Gasteiger partial charge in [0.25, 0.3) is 0 Å². The largest absolute Gasteiger partial charge is 0.478 e. The van der Waals surface area contributed by atoms with Crippen LogP contribution in [0, 0.1) is 11.8 Å². The Morgan fingerprint density at radius 1 is 0.914 bits per heavy atom. The number of anilines is 1. The molecular weight excluding hydrogens is 444 g/mol. The highest BCUT2D eigenvalue weighted by Gasteiger charge is 2.29. The fourth-order valence-corrected chi connectivity index (χ4v) is 4.44. The number of carboxylic acid groups (broad SMARTS) is 1. The SMILES string of the molecule is CC(C)C(CNC(=O)OCC1c2ccccc2-c2ccccc21)C(=O)Nc1cccc(C(=O)O)c1. The van der Waals surface area contributed by atoms with Gasteiger partial charge in [-0.3, -0.25) is 4.79 Å². The first-order valence-electron chi connectivity index (χ1n) is 11.6. The Morgan fingerprint density at radius 2 is 1.54 bits per heavy atom. The smallest absolute Gasteiger partial charge is 0.407 e. The predicted octanol–water partition coefficient (Wildman–Crippen LogP) is 5.13. The van der Waals surface area contributed by atoms with Crippen LogP contribution < -0.4 is 10.6 Å². The molecule has 7 heteroatoms. The number of carbonyl (C=O) groups excluding carboxylic acids is 2. The van der Waals surface area contributed by atoms with Crippen molar-refractivity contribution in [3.8, 4) is 11.1 Å². The summed E-state index contributed by atoms with van der Waals surface area (Å²) in [5.74, 6) is -2.01. The molecule has 3 N–H and O–H groups in total. The normalized spacial score (nSPS) is 13.0. The number of benzene rings is 3. The summed E-state index contributed by atoms with van der Waals surface area (Å²) in [7, 11) is 0. The van der Waals surface area contributed by atoms with E-state index in [0.717, 1.165) is 22.3 Å². The number of amides is 2. The summed E-state index contributed by atoms with van der Waals surface area (Å²) < 4.78 is 5.56. The van der Waals surface area contributed by atoms with Gasteiger partial charge in [0.2, 0.25) is 5.91 Å². The monoisotopic (exact) mass is 472 g/mol. The second-order valence-electron chi connectivity index (χ2n) is 8.93. The number of nitrogens with one attached hydrogen (secondary N) is 2. The highest BCUT2D eigenvalue weighted by molar-refractivity contribution is 5.95. The Kier molecular flexibility index (Phi) is 7.15. The molecule has 2 amide bonds. The van der Waals surface area contributed by atoms with Gasteiger partial charge in [-0.05, 0) is 46.4 Å². The van der Waals surface area contributed by atoms with Crippen molar-refractivity contribution in [2.24, 2.45) is 11.8 Å². The zero-order valence-corrected chi connectivity index (χ0v) is 19.7. The summed E-state index contributed by atoms with van der Waals surface area (Å²) in [4.78, 5) is 36.5. The maximum atomic E-state index is 12.8. The molecule has 1 unspecified atom stereocenters. The number of alkyl carbamates (subject to hydrolysis) is 1. The predicted molar refractivity (Wildman–Crippen MR) is 133 cm³/mol. The average Bonchev–Trinajstić information content (AvgIpc) is 3.16. The first-order chi connectivity index (χ1) is 16.8. The summed E-state index contributed by atoms with van der Waals surface area (Å²) in [6.45, 7) is 4.06. The molecule has 0 radical (unpaired) electrons. The van der Waals surface area contributed by atoms with Gasteiger partial charge in [-0.15, -0.1) is 0 Å². The molecule has 0 saturated heterocycles. The molecule has 35 heavy (non-hydrogen) atoms. The van der Waals surface area contributed by atoms with Gasteiger partial charge in [-0.2, -0.15) is 0 Å². The third-order valence-electron chi connectivity index (χ3n) is 6.33. The Balaban J connectivity index is 1.35. The summed E-state index contributed by atoms with van der Waals surface area (Å²) in [6.07, 6.45) is -0.585. The third-order valence-corrected chi connectivity index (χ3v) is 6.33. The molecule has 7 nitrogen and oxygen atoms in total. The Bertz CT molecular complexity index is 1210. The van der Waals surface area contributed by atoms with Crippen LogP contribution in [0.4, 0.5) is 10.5 Å². The molecule has 1 atom stereocenters. The molecular formula is C28H28N2O5. The van der Waals surface area contributed by atoms with Gasteiger partial charge in [-0.25, -0.2) is 9.59 Å². The molecule has 0 fully saturated rings. The van der Waals surface area contributed by atoms with Crippen molar-refractivity contribution >= 4 is 23.7 Å². The molecule has 1 aliphatic rings. The van der Waals surface area contributed by atoms with E-state index in [9.17, 15) is 14.4 Å². The second-order valence-corrected chi connectivity index (χ2v) is 8.93. The zero-order chi connectivity index (χ0) is 24.9. The van der Waals surface area contributed by atoms with E-state index in [1.54, 1.807) is 12.1 Å². The minimum atomic E-state index is -1.07.